The van der Waals surface area contributed by atoms with Crippen molar-refractivity contribution in [3.63, 3.8) is 0 Å². The highest BCUT2D eigenvalue weighted by Crippen LogP contribution is 2.23. The molecule has 0 atom stereocenters. The maximum Gasteiger partial charge on any atom is 0.223 e. The lowest BCUT2D eigenvalue weighted by atomic mass is 10.1. The Kier molecular flexibility index (Phi) is 7.51. The van der Waals surface area contributed by atoms with Crippen molar-refractivity contribution in [3.05, 3.63) is 64.7 Å². The minimum absolute atomic E-state index is 0.0422. The summed E-state index contributed by atoms with van der Waals surface area (Å²) >= 11 is 6.02. The average Bonchev–Trinajstić information content (AvgIpc) is 2.70. The number of carbonyl (C=O) groups is 1. The molecular formula is C21H25ClN2O3. The van der Waals surface area contributed by atoms with E-state index in [1.54, 1.807) is 12.1 Å². The standard InChI is InChI=1S/C21H25ClN2O3/c22-19-3-1-2-4-20(19)27-12-9-21(25)23-15-17-5-7-18(8-6-17)16-24-10-13-26-14-11-24/h1-8H,9-16H2,(H,23,25). The molecule has 1 saturated heterocycles. The van der Waals surface area contributed by atoms with E-state index in [-0.39, 0.29) is 5.91 Å². The molecule has 0 radical (unpaired) electrons. The molecule has 27 heavy (non-hydrogen) atoms. The average molecular weight is 389 g/mol. The van der Waals surface area contributed by atoms with E-state index >= 15 is 0 Å². The molecule has 2 aromatic carbocycles. The number of amides is 1. The predicted molar refractivity (Wildman–Crippen MR) is 106 cm³/mol. The van der Waals surface area contributed by atoms with Crippen molar-refractivity contribution in [2.45, 2.75) is 19.5 Å². The second-order valence-corrected chi connectivity index (χ2v) is 6.92. The third-order valence-corrected chi connectivity index (χ3v) is 4.76. The zero-order valence-electron chi connectivity index (χ0n) is 15.3. The van der Waals surface area contributed by atoms with Crippen LogP contribution >= 0.6 is 11.6 Å². The van der Waals surface area contributed by atoms with Gasteiger partial charge in [-0.15, -0.1) is 0 Å². The fourth-order valence-corrected chi connectivity index (χ4v) is 3.07. The molecule has 5 nitrogen and oxygen atoms in total. The summed E-state index contributed by atoms with van der Waals surface area (Å²) in [5, 5.41) is 3.47. The number of nitrogens with zero attached hydrogens (tertiary/aromatic N) is 1. The van der Waals surface area contributed by atoms with Crippen molar-refractivity contribution in [1.29, 1.82) is 0 Å². The van der Waals surface area contributed by atoms with Gasteiger partial charge in [0.15, 0.2) is 0 Å². The number of nitrogens with one attached hydrogen (secondary N) is 1. The molecule has 1 fully saturated rings. The summed E-state index contributed by atoms with van der Waals surface area (Å²) in [6.07, 6.45) is 0.292. The van der Waals surface area contributed by atoms with Gasteiger partial charge in [-0.2, -0.15) is 0 Å². The molecule has 1 amide bonds. The molecule has 0 spiro atoms. The lowest BCUT2D eigenvalue weighted by Crippen LogP contribution is -2.35. The summed E-state index contributed by atoms with van der Waals surface area (Å²) in [6, 6.07) is 15.6. The Labute approximate surface area is 165 Å². The molecule has 1 aliphatic heterocycles. The number of halogens is 1. The third-order valence-electron chi connectivity index (χ3n) is 4.45. The van der Waals surface area contributed by atoms with E-state index in [1.165, 1.54) is 5.56 Å². The van der Waals surface area contributed by atoms with Gasteiger partial charge in [-0.05, 0) is 23.3 Å². The fourth-order valence-electron chi connectivity index (χ4n) is 2.88. The minimum Gasteiger partial charge on any atom is -0.491 e. The zero-order chi connectivity index (χ0) is 18.9. The number of para-hydroxylation sites is 1. The second-order valence-electron chi connectivity index (χ2n) is 6.51. The van der Waals surface area contributed by atoms with Gasteiger partial charge in [-0.3, -0.25) is 9.69 Å². The number of carbonyl (C=O) groups excluding carboxylic acids is 1. The number of rotatable bonds is 8. The first-order chi connectivity index (χ1) is 13.2. The molecule has 2 aromatic rings. The van der Waals surface area contributed by atoms with Crippen LogP contribution in [0, 0.1) is 0 Å². The van der Waals surface area contributed by atoms with E-state index in [4.69, 9.17) is 21.1 Å². The van der Waals surface area contributed by atoms with Crippen molar-refractivity contribution in [1.82, 2.24) is 10.2 Å². The normalized spacial score (nSPS) is 14.7. The largest absolute Gasteiger partial charge is 0.491 e. The Bertz CT molecular complexity index is 730. The van der Waals surface area contributed by atoms with E-state index in [0.29, 0.717) is 30.3 Å². The molecule has 0 aliphatic carbocycles. The molecule has 1 heterocycles. The molecule has 6 heteroatoms. The Morgan fingerprint density at radius 2 is 1.78 bits per heavy atom. The van der Waals surface area contributed by atoms with Gasteiger partial charge in [0.25, 0.3) is 0 Å². The minimum atomic E-state index is -0.0422. The lowest BCUT2D eigenvalue weighted by molar-refractivity contribution is -0.121. The zero-order valence-corrected chi connectivity index (χ0v) is 16.1. The number of hydrogen-bond acceptors (Lipinski definition) is 4. The number of ether oxygens (including phenoxy) is 2. The van der Waals surface area contributed by atoms with Crippen LogP contribution in [0.3, 0.4) is 0 Å². The van der Waals surface area contributed by atoms with Crippen LogP contribution in [0.2, 0.25) is 5.02 Å². The SMILES string of the molecule is O=C(CCOc1ccccc1Cl)NCc1ccc(CN2CCOCC2)cc1. The van der Waals surface area contributed by atoms with Crippen LogP contribution in [0.5, 0.6) is 5.75 Å². The summed E-state index contributed by atoms with van der Waals surface area (Å²) in [6.45, 7) is 5.34. The molecule has 3 rings (SSSR count). The molecule has 1 aliphatic rings. The highest BCUT2D eigenvalue weighted by molar-refractivity contribution is 6.32. The fraction of sp³-hybridized carbons (Fsp3) is 0.381. The van der Waals surface area contributed by atoms with Gasteiger partial charge in [-0.1, -0.05) is 48.0 Å². The quantitative estimate of drug-likeness (QED) is 0.754. The molecule has 0 saturated carbocycles. The first-order valence-corrected chi connectivity index (χ1v) is 9.60. The van der Waals surface area contributed by atoms with Crippen LogP contribution in [0.1, 0.15) is 17.5 Å². The molecule has 0 bridgehead atoms. The van der Waals surface area contributed by atoms with Crippen molar-refractivity contribution in [2.75, 3.05) is 32.9 Å². The van der Waals surface area contributed by atoms with Gasteiger partial charge in [0, 0.05) is 26.2 Å². The van der Waals surface area contributed by atoms with Crippen molar-refractivity contribution >= 4 is 17.5 Å². The van der Waals surface area contributed by atoms with Gasteiger partial charge in [-0.25, -0.2) is 0 Å². The van der Waals surface area contributed by atoms with Crippen LogP contribution in [0.4, 0.5) is 0 Å². The van der Waals surface area contributed by atoms with Gasteiger partial charge < -0.3 is 14.8 Å². The van der Waals surface area contributed by atoms with Gasteiger partial charge >= 0.3 is 0 Å². The molecule has 1 N–H and O–H groups in total. The van der Waals surface area contributed by atoms with Crippen molar-refractivity contribution in [3.8, 4) is 5.75 Å². The van der Waals surface area contributed by atoms with E-state index < -0.39 is 0 Å². The summed E-state index contributed by atoms with van der Waals surface area (Å²) in [5.41, 5.74) is 2.36. The monoisotopic (exact) mass is 388 g/mol. The van der Waals surface area contributed by atoms with Crippen LogP contribution in [-0.4, -0.2) is 43.7 Å². The van der Waals surface area contributed by atoms with Gasteiger partial charge in [0.2, 0.25) is 5.91 Å². The molecular weight excluding hydrogens is 364 g/mol. The van der Waals surface area contributed by atoms with Crippen molar-refractivity contribution in [2.24, 2.45) is 0 Å². The topological polar surface area (TPSA) is 50.8 Å². The van der Waals surface area contributed by atoms with Crippen LogP contribution in [-0.2, 0) is 22.6 Å². The lowest BCUT2D eigenvalue weighted by Gasteiger charge is -2.26. The number of benzene rings is 2. The predicted octanol–water partition coefficient (Wildman–Crippen LogP) is 3.26. The number of hydrogen-bond donors (Lipinski definition) is 1. The molecule has 0 unspecified atom stereocenters. The van der Waals surface area contributed by atoms with E-state index in [9.17, 15) is 4.79 Å². The second kappa shape index (κ2) is 10.3. The Hall–Kier alpha value is -2.08. The van der Waals surface area contributed by atoms with E-state index in [2.05, 4.69) is 34.5 Å². The smallest absolute Gasteiger partial charge is 0.223 e. The molecule has 0 aromatic heterocycles. The Morgan fingerprint density at radius 1 is 1.07 bits per heavy atom. The first-order valence-electron chi connectivity index (χ1n) is 9.22. The summed E-state index contributed by atoms with van der Waals surface area (Å²) in [5.74, 6) is 0.558. The number of morpholine rings is 1. The Morgan fingerprint density at radius 3 is 2.52 bits per heavy atom. The maximum atomic E-state index is 12.0. The highest BCUT2D eigenvalue weighted by Gasteiger charge is 2.10. The van der Waals surface area contributed by atoms with Gasteiger partial charge in [0.1, 0.15) is 5.75 Å². The Balaban J connectivity index is 1.36. The molecule has 144 valence electrons. The van der Waals surface area contributed by atoms with Crippen LogP contribution in [0.25, 0.3) is 0 Å². The third kappa shape index (κ3) is 6.54. The summed E-state index contributed by atoms with van der Waals surface area (Å²) < 4.78 is 10.9. The summed E-state index contributed by atoms with van der Waals surface area (Å²) in [7, 11) is 0. The van der Waals surface area contributed by atoms with Gasteiger partial charge in [0.05, 0.1) is 31.3 Å². The first kappa shape index (κ1) is 19.7. The van der Waals surface area contributed by atoms with Crippen LogP contribution in [0.15, 0.2) is 48.5 Å². The van der Waals surface area contributed by atoms with E-state index in [0.717, 1.165) is 38.4 Å². The maximum absolute atomic E-state index is 12.0. The van der Waals surface area contributed by atoms with Crippen molar-refractivity contribution < 1.29 is 14.3 Å². The van der Waals surface area contributed by atoms with Crippen LogP contribution < -0.4 is 10.1 Å². The van der Waals surface area contributed by atoms with E-state index in [1.807, 2.05) is 12.1 Å². The summed E-state index contributed by atoms with van der Waals surface area (Å²) in [4.78, 5) is 14.4. The highest BCUT2D eigenvalue weighted by atomic mass is 35.5.